The van der Waals surface area contributed by atoms with Crippen molar-refractivity contribution in [2.45, 2.75) is 43.7 Å². The maximum atomic E-state index is 12.7. The fourth-order valence-corrected chi connectivity index (χ4v) is 3.08. The van der Waals surface area contributed by atoms with E-state index in [1.165, 1.54) is 4.90 Å². The number of hydroxylamine groups is 2. The van der Waals surface area contributed by atoms with Crippen LogP contribution in [-0.2, 0) is 9.59 Å². The number of piperidine rings is 1. The number of carbonyl (C=O) groups excluding carboxylic acids is 3. The first-order chi connectivity index (χ1) is 10.3. The smallest absolute Gasteiger partial charge is 0.309 e. The molecule has 0 aromatic rings. The van der Waals surface area contributed by atoms with Gasteiger partial charge in [0.2, 0.25) is 11.8 Å². The van der Waals surface area contributed by atoms with Gasteiger partial charge in [-0.2, -0.15) is 0 Å². The molecular formula is C12H16F2N4O4. The minimum atomic E-state index is -2.81. The molecule has 3 fully saturated rings. The van der Waals surface area contributed by atoms with Gasteiger partial charge in [0, 0.05) is 19.4 Å². The average Bonchev–Trinajstić information content (AvgIpc) is 2.67. The van der Waals surface area contributed by atoms with E-state index in [9.17, 15) is 28.4 Å². The van der Waals surface area contributed by atoms with Gasteiger partial charge >= 0.3 is 6.03 Å². The van der Waals surface area contributed by atoms with Crippen LogP contribution in [0.2, 0.25) is 0 Å². The number of halogens is 2. The zero-order valence-corrected chi connectivity index (χ0v) is 11.6. The molecular weight excluding hydrogens is 302 g/mol. The molecule has 1 aliphatic carbocycles. The third kappa shape index (κ3) is 2.47. The number of nitrogens with one attached hydrogen (secondary N) is 2. The fourth-order valence-electron chi connectivity index (χ4n) is 3.08. The summed E-state index contributed by atoms with van der Waals surface area (Å²) in [6.07, 6.45) is -0.218. The SMILES string of the molecule is O=C(NNC(=O)[C@@H]1CCC2CN1C(=O)N2O)C1CC(F)(F)C1. The third-order valence-corrected chi connectivity index (χ3v) is 4.42. The lowest BCUT2D eigenvalue weighted by Gasteiger charge is -2.34. The minimum Gasteiger partial charge on any atom is -0.309 e. The number of fused-ring (bicyclic) bond motifs is 2. The van der Waals surface area contributed by atoms with E-state index < -0.39 is 48.6 Å². The topological polar surface area (TPSA) is 102 Å². The average molecular weight is 318 g/mol. The lowest BCUT2D eigenvalue weighted by molar-refractivity contribution is -0.152. The summed E-state index contributed by atoms with van der Waals surface area (Å²) in [7, 11) is 0. The van der Waals surface area contributed by atoms with Crippen LogP contribution in [0, 0.1) is 5.92 Å². The van der Waals surface area contributed by atoms with Crippen molar-refractivity contribution >= 4 is 17.8 Å². The normalized spacial score (nSPS) is 30.0. The molecule has 122 valence electrons. The monoisotopic (exact) mass is 318 g/mol. The first-order valence-corrected chi connectivity index (χ1v) is 7.05. The molecule has 2 heterocycles. The van der Waals surface area contributed by atoms with Gasteiger partial charge in [0.25, 0.3) is 5.91 Å². The summed E-state index contributed by atoms with van der Waals surface area (Å²) >= 11 is 0. The van der Waals surface area contributed by atoms with Crippen LogP contribution in [0.4, 0.5) is 13.6 Å². The molecule has 0 spiro atoms. The molecule has 10 heteroatoms. The summed E-state index contributed by atoms with van der Waals surface area (Å²) in [6, 6.07) is -1.75. The van der Waals surface area contributed by atoms with Crippen LogP contribution in [-0.4, -0.2) is 57.6 Å². The molecule has 3 aliphatic rings. The Morgan fingerprint density at radius 2 is 1.82 bits per heavy atom. The van der Waals surface area contributed by atoms with Crippen molar-refractivity contribution in [2.24, 2.45) is 5.92 Å². The second-order valence-corrected chi connectivity index (χ2v) is 5.97. The highest BCUT2D eigenvalue weighted by atomic mass is 19.3. The third-order valence-electron chi connectivity index (χ3n) is 4.42. The van der Waals surface area contributed by atoms with E-state index in [1.54, 1.807) is 0 Å². The number of hydrogen-bond donors (Lipinski definition) is 3. The number of hydrogen-bond acceptors (Lipinski definition) is 4. The van der Waals surface area contributed by atoms with Crippen LogP contribution in [0.5, 0.6) is 0 Å². The molecule has 3 rings (SSSR count). The summed E-state index contributed by atoms with van der Waals surface area (Å²) in [5.41, 5.74) is 4.29. The Morgan fingerprint density at radius 3 is 2.45 bits per heavy atom. The number of urea groups is 1. The predicted molar refractivity (Wildman–Crippen MR) is 66.5 cm³/mol. The number of hydrazine groups is 1. The Morgan fingerprint density at radius 1 is 1.18 bits per heavy atom. The van der Waals surface area contributed by atoms with Crippen molar-refractivity contribution in [1.29, 1.82) is 0 Å². The van der Waals surface area contributed by atoms with Gasteiger partial charge in [-0.3, -0.25) is 25.6 Å². The summed E-state index contributed by atoms with van der Waals surface area (Å²) in [5, 5.41) is 10.1. The molecule has 22 heavy (non-hydrogen) atoms. The number of nitrogens with zero attached hydrogens (tertiary/aromatic N) is 2. The molecule has 8 nitrogen and oxygen atoms in total. The summed E-state index contributed by atoms with van der Waals surface area (Å²) < 4.78 is 25.4. The Hall–Kier alpha value is -1.97. The molecule has 2 bridgehead atoms. The first-order valence-electron chi connectivity index (χ1n) is 7.05. The quantitative estimate of drug-likeness (QED) is 0.486. The van der Waals surface area contributed by atoms with E-state index in [0.717, 1.165) is 0 Å². The van der Waals surface area contributed by atoms with Crippen molar-refractivity contribution in [3.05, 3.63) is 0 Å². The second-order valence-electron chi connectivity index (χ2n) is 5.97. The zero-order valence-electron chi connectivity index (χ0n) is 11.6. The molecule has 2 atom stereocenters. The highest BCUT2D eigenvalue weighted by Gasteiger charge is 2.49. The van der Waals surface area contributed by atoms with Crippen LogP contribution in [0.15, 0.2) is 0 Å². The van der Waals surface area contributed by atoms with Crippen LogP contribution in [0.25, 0.3) is 0 Å². The van der Waals surface area contributed by atoms with E-state index >= 15 is 0 Å². The van der Waals surface area contributed by atoms with Crippen LogP contribution >= 0.6 is 0 Å². The Bertz CT molecular complexity index is 521. The highest BCUT2D eigenvalue weighted by molar-refractivity contribution is 5.90. The van der Waals surface area contributed by atoms with E-state index in [0.29, 0.717) is 17.9 Å². The second kappa shape index (κ2) is 5.04. The molecule has 1 saturated carbocycles. The summed E-state index contributed by atoms with van der Waals surface area (Å²) in [4.78, 5) is 36.6. The van der Waals surface area contributed by atoms with Gasteiger partial charge in [-0.1, -0.05) is 0 Å². The van der Waals surface area contributed by atoms with Crippen LogP contribution < -0.4 is 10.9 Å². The molecule has 0 radical (unpaired) electrons. The van der Waals surface area contributed by atoms with Gasteiger partial charge in [-0.15, -0.1) is 0 Å². The van der Waals surface area contributed by atoms with Gasteiger partial charge < -0.3 is 4.90 Å². The van der Waals surface area contributed by atoms with E-state index in [-0.39, 0.29) is 12.6 Å². The van der Waals surface area contributed by atoms with E-state index in [2.05, 4.69) is 10.9 Å². The van der Waals surface area contributed by atoms with Crippen LogP contribution in [0.1, 0.15) is 25.7 Å². The van der Waals surface area contributed by atoms with E-state index in [4.69, 9.17) is 0 Å². The first kappa shape index (κ1) is 14.9. The number of alkyl halides is 2. The lowest BCUT2D eigenvalue weighted by atomic mass is 9.81. The van der Waals surface area contributed by atoms with Gasteiger partial charge in [-0.05, 0) is 12.8 Å². The molecule has 2 aliphatic heterocycles. The number of rotatable bonds is 2. The van der Waals surface area contributed by atoms with Gasteiger partial charge in [0.05, 0.1) is 12.0 Å². The zero-order chi connectivity index (χ0) is 16.1. The van der Waals surface area contributed by atoms with Gasteiger partial charge in [-0.25, -0.2) is 18.6 Å². The summed E-state index contributed by atoms with van der Waals surface area (Å²) in [5.74, 6) is -4.88. The molecule has 0 aromatic heterocycles. The standard InChI is InChI=1S/C12H16F2N4O4/c13-12(14)3-6(4-12)9(19)15-16-10(20)8-2-1-7-5-17(8)11(21)18(7)22/h6-8,22H,1-5H2,(H,15,19)(H,16,20)/t7?,8-/m0/s1. The minimum absolute atomic E-state index is 0.246. The van der Waals surface area contributed by atoms with Gasteiger partial charge in [0.1, 0.15) is 6.04 Å². The van der Waals surface area contributed by atoms with E-state index in [1.807, 2.05) is 0 Å². The largest absolute Gasteiger partial charge is 0.344 e. The Labute approximate surface area is 124 Å². The highest BCUT2D eigenvalue weighted by Crippen LogP contribution is 2.42. The van der Waals surface area contributed by atoms with Crippen molar-refractivity contribution in [2.75, 3.05) is 6.54 Å². The van der Waals surface area contributed by atoms with Crippen molar-refractivity contribution in [3.63, 3.8) is 0 Å². The molecule has 2 saturated heterocycles. The Balaban J connectivity index is 1.50. The van der Waals surface area contributed by atoms with Crippen molar-refractivity contribution < 1.29 is 28.4 Å². The number of carbonyl (C=O) groups is 3. The summed E-state index contributed by atoms with van der Waals surface area (Å²) in [6.45, 7) is 0.246. The van der Waals surface area contributed by atoms with Gasteiger partial charge in [0.15, 0.2) is 0 Å². The van der Waals surface area contributed by atoms with Crippen LogP contribution in [0.3, 0.4) is 0 Å². The maximum Gasteiger partial charge on any atom is 0.344 e. The maximum absolute atomic E-state index is 12.7. The number of amides is 4. The molecule has 3 N–H and O–H groups in total. The lowest BCUT2D eigenvalue weighted by Crippen LogP contribution is -2.56. The molecule has 1 unspecified atom stereocenters. The Kier molecular flexibility index (Phi) is 3.42. The molecule has 0 aromatic carbocycles. The predicted octanol–water partition coefficient (Wildman–Crippen LogP) is -0.163. The van der Waals surface area contributed by atoms with Crippen molar-refractivity contribution in [3.8, 4) is 0 Å². The van der Waals surface area contributed by atoms with Crippen molar-refractivity contribution in [1.82, 2.24) is 20.8 Å². The fraction of sp³-hybridized carbons (Fsp3) is 0.750. The molecule has 4 amide bonds.